The molecule has 1 N–H and O–H groups in total. The summed E-state index contributed by atoms with van der Waals surface area (Å²) in [4.78, 5) is 35.3. The van der Waals surface area contributed by atoms with Crippen molar-refractivity contribution in [2.45, 2.75) is 238 Å². The molecule has 9 nitrogen and oxygen atoms in total. The number of rotatable bonds is 45. The lowest BCUT2D eigenvalue weighted by molar-refractivity contribution is -0.870. The maximum atomic E-state index is 12.6. The maximum absolute atomic E-state index is 12.6. The largest absolute Gasteiger partial charge is 0.472 e. The molecule has 0 saturated carbocycles. The highest BCUT2D eigenvalue weighted by molar-refractivity contribution is 7.47. The molecule has 0 aliphatic heterocycles. The maximum Gasteiger partial charge on any atom is 0.472 e. The molecule has 0 bridgehead atoms. The van der Waals surface area contributed by atoms with Crippen LogP contribution in [0.15, 0.2) is 12.2 Å². The Hall–Kier alpha value is -1.25. The molecule has 0 fully saturated rings. The first-order chi connectivity index (χ1) is 28.0. The van der Waals surface area contributed by atoms with Gasteiger partial charge in [-0.15, -0.1) is 0 Å². The van der Waals surface area contributed by atoms with Crippen molar-refractivity contribution >= 4 is 19.8 Å². The zero-order chi connectivity index (χ0) is 42.8. The van der Waals surface area contributed by atoms with E-state index < -0.39 is 26.5 Å². The van der Waals surface area contributed by atoms with E-state index in [4.69, 9.17) is 18.5 Å². The first kappa shape index (κ1) is 56.8. The topological polar surface area (TPSA) is 108 Å². The molecule has 0 spiro atoms. The molecule has 2 atom stereocenters. The number of quaternary nitrogens is 1. The van der Waals surface area contributed by atoms with Gasteiger partial charge in [-0.2, -0.15) is 0 Å². The molecule has 0 aliphatic rings. The summed E-state index contributed by atoms with van der Waals surface area (Å²) in [7, 11) is 1.48. The Morgan fingerprint density at radius 3 is 1.34 bits per heavy atom. The van der Waals surface area contributed by atoms with Crippen LogP contribution in [0, 0.1) is 0 Å². The number of allylic oxidation sites excluding steroid dienone is 2. The van der Waals surface area contributed by atoms with Crippen molar-refractivity contribution in [2.75, 3.05) is 47.5 Å². The number of likely N-dealkylation sites (N-methyl/N-ethyl adjacent to an activating group) is 1. The van der Waals surface area contributed by atoms with Gasteiger partial charge in [0.1, 0.15) is 19.8 Å². The standard InChI is InChI=1S/C48H94NO8P/c1-6-8-10-12-14-16-18-19-20-21-22-23-24-25-26-27-28-29-30-31-33-34-36-38-40-47(50)54-44-46(45-56-58(52,53)55-43-42-49(3,4)5)57-48(51)41-39-37-35-32-17-15-13-11-9-7-2/h11,13,46H,6-10,12,14-45H2,1-5H3/p+1/b13-11-. The fraction of sp³-hybridized carbons (Fsp3) is 0.917. The van der Waals surface area contributed by atoms with Crippen LogP contribution in [0.2, 0.25) is 0 Å². The SMILES string of the molecule is CCC/C=C\CCCCCCCC(=O)OC(COC(=O)CCCCCCCCCCCCCCCCCCCCCCCCCC)COP(=O)(O)OCC[N+](C)(C)C. The summed E-state index contributed by atoms with van der Waals surface area (Å²) in [5.74, 6) is -0.799. The third-order valence-corrected chi connectivity index (χ3v) is 11.8. The number of unbranched alkanes of at least 4 members (excludes halogenated alkanes) is 29. The van der Waals surface area contributed by atoms with Gasteiger partial charge in [-0.1, -0.05) is 199 Å². The van der Waals surface area contributed by atoms with Crippen LogP contribution in [0.1, 0.15) is 232 Å². The second-order valence-electron chi connectivity index (χ2n) is 17.9. The number of carbonyl (C=O) groups is 2. The lowest BCUT2D eigenvalue weighted by Gasteiger charge is -2.24. The van der Waals surface area contributed by atoms with Crippen LogP contribution in [-0.2, 0) is 32.7 Å². The van der Waals surface area contributed by atoms with Crippen LogP contribution >= 0.6 is 7.82 Å². The van der Waals surface area contributed by atoms with Gasteiger partial charge in [0.25, 0.3) is 0 Å². The van der Waals surface area contributed by atoms with Crippen molar-refractivity contribution in [1.29, 1.82) is 0 Å². The van der Waals surface area contributed by atoms with Crippen molar-refractivity contribution in [3.63, 3.8) is 0 Å². The highest BCUT2D eigenvalue weighted by Crippen LogP contribution is 2.43. The van der Waals surface area contributed by atoms with E-state index in [0.717, 1.165) is 57.8 Å². The van der Waals surface area contributed by atoms with Crippen LogP contribution in [0.5, 0.6) is 0 Å². The summed E-state index contributed by atoms with van der Waals surface area (Å²) in [6.07, 6.45) is 44.3. The molecular weight excluding hydrogens is 750 g/mol. The molecule has 0 radical (unpaired) electrons. The minimum atomic E-state index is -4.37. The van der Waals surface area contributed by atoms with E-state index in [-0.39, 0.29) is 25.6 Å². The molecule has 0 heterocycles. The third-order valence-electron chi connectivity index (χ3n) is 10.8. The van der Waals surface area contributed by atoms with E-state index in [1.54, 1.807) is 0 Å². The van der Waals surface area contributed by atoms with E-state index in [1.165, 1.54) is 141 Å². The van der Waals surface area contributed by atoms with Gasteiger partial charge in [-0.05, 0) is 32.1 Å². The van der Waals surface area contributed by atoms with Crippen LogP contribution in [0.4, 0.5) is 0 Å². The second-order valence-corrected chi connectivity index (χ2v) is 19.3. The summed E-state index contributed by atoms with van der Waals surface area (Å²) >= 11 is 0. The number of nitrogens with zero attached hydrogens (tertiary/aromatic N) is 1. The van der Waals surface area contributed by atoms with E-state index in [0.29, 0.717) is 23.9 Å². The number of carbonyl (C=O) groups excluding carboxylic acids is 2. The fourth-order valence-corrected chi connectivity index (χ4v) is 7.70. The summed E-state index contributed by atoms with van der Waals surface area (Å²) in [6.45, 7) is 4.38. The number of esters is 2. The van der Waals surface area contributed by atoms with E-state index in [1.807, 2.05) is 21.1 Å². The molecular formula is C48H95NO8P+. The summed E-state index contributed by atoms with van der Waals surface area (Å²) in [6, 6.07) is 0. The quantitative estimate of drug-likeness (QED) is 0.0212. The van der Waals surface area contributed by atoms with Crippen LogP contribution in [0.25, 0.3) is 0 Å². The molecule has 0 saturated heterocycles. The number of ether oxygens (including phenoxy) is 2. The Labute approximate surface area is 358 Å². The molecule has 2 unspecified atom stereocenters. The Balaban J connectivity index is 4.08. The second kappa shape index (κ2) is 41.1. The summed E-state index contributed by atoms with van der Waals surface area (Å²) in [5, 5.41) is 0. The fourth-order valence-electron chi connectivity index (χ4n) is 6.96. The lowest BCUT2D eigenvalue weighted by Crippen LogP contribution is -2.37. The zero-order valence-electron chi connectivity index (χ0n) is 38.8. The average Bonchev–Trinajstić information content (AvgIpc) is 3.17. The predicted octanol–water partition coefficient (Wildman–Crippen LogP) is 14.1. The van der Waals surface area contributed by atoms with E-state index in [9.17, 15) is 19.0 Å². The number of hydrogen-bond donors (Lipinski definition) is 1. The van der Waals surface area contributed by atoms with E-state index in [2.05, 4.69) is 26.0 Å². The van der Waals surface area contributed by atoms with Crippen LogP contribution in [0.3, 0.4) is 0 Å². The normalized spacial score (nSPS) is 13.6. The first-order valence-electron chi connectivity index (χ1n) is 24.4. The van der Waals surface area contributed by atoms with Gasteiger partial charge in [-0.25, -0.2) is 4.57 Å². The van der Waals surface area contributed by atoms with Crippen molar-refractivity contribution in [3.05, 3.63) is 12.2 Å². The molecule has 0 aliphatic carbocycles. The smallest absolute Gasteiger partial charge is 0.462 e. The number of hydrogen-bond acceptors (Lipinski definition) is 7. The predicted molar refractivity (Wildman–Crippen MR) is 243 cm³/mol. The van der Waals surface area contributed by atoms with Crippen LogP contribution < -0.4 is 0 Å². The van der Waals surface area contributed by atoms with Gasteiger partial charge < -0.3 is 18.9 Å². The summed E-state index contributed by atoms with van der Waals surface area (Å²) in [5.41, 5.74) is 0. The van der Waals surface area contributed by atoms with Gasteiger partial charge in [0.15, 0.2) is 6.10 Å². The Bertz CT molecular complexity index is 1000. The molecule has 0 aromatic rings. The van der Waals surface area contributed by atoms with Crippen molar-refractivity contribution in [2.24, 2.45) is 0 Å². The average molecular weight is 845 g/mol. The molecule has 0 rings (SSSR count). The van der Waals surface area contributed by atoms with Gasteiger partial charge >= 0.3 is 19.8 Å². The molecule has 0 aromatic carbocycles. The van der Waals surface area contributed by atoms with Crippen molar-refractivity contribution < 1.29 is 42.1 Å². The number of phosphoric acid groups is 1. The highest BCUT2D eigenvalue weighted by Gasteiger charge is 2.27. The van der Waals surface area contributed by atoms with Crippen molar-refractivity contribution in [3.8, 4) is 0 Å². The minimum absolute atomic E-state index is 0.0331. The molecule has 344 valence electrons. The van der Waals surface area contributed by atoms with Gasteiger partial charge in [0.05, 0.1) is 27.7 Å². The molecule has 10 heteroatoms. The van der Waals surface area contributed by atoms with Gasteiger partial charge in [-0.3, -0.25) is 18.6 Å². The first-order valence-corrected chi connectivity index (χ1v) is 25.9. The molecule has 58 heavy (non-hydrogen) atoms. The third kappa shape index (κ3) is 44.3. The number of phosphoric ester groups is 1. The molecule has 0 aromatic heterocycles. The van der Waals surface area contributed by atoms with Gasteiger partial charge in [0, 0.05) is 12.8 Å². The monoisotopic (exact) mass is 845 g/mol. The summed E-state index contributed by atoms with van der Waals surface area (Å²) < 4.78 is 34.3. The Morgan fingerprint density at radius 2 is 0.914 bits per heavy atom. The van der Waals surface area contributed by atoms with Gasteiger partial charge in [0.2, 0.25) is 0 Å². The zero-order valence-corrected chi connectivity index (χ0v) is 39.7. The minimum Gasteiger partial charge on any atom is -0.462 e. The van der Waals surface area contributed by atoms with E-state index >= 15 is 0 Å². The lowest BCUT2D eigenvalue weighted by atomic mass is 10.0. The van der Waals surface area contributed by atoms with Crippen LogP contribution in [-0.4, -0.2) is 74.9 Å². The Kier molecular flexibility index (Phi) is 40.2. The molecule has 0 amide bonds. The Morgan fingerprint density at radius 1 is 0.517 bits per heavy atom. The van der Waals surface area contributed by atoms with Crippen molar-refractivity contribution in [1.82, 2.24) is 0 Å². The highest BCUT2D eigenvalue weighted by atomic mass is 31.2.